The molecule has 0 radical (unpaired) electrons. The van der Waals surface area contributed by atoms with E-state index in [2.05, 4.69) is 24.1 Å². The first kappa shape index (κ1) is 25.4. The Morgan fingerprint density at radius 1 is 0.906 bits per heavy atom. The third kappa shape index (κ3) is 8.35. The van der Waals surface area contributed by atoms with Gasteiger partial charge in [0.05, 0.1) is 0 Å². The van der Waals surface area contributed by atoms with Crippen LogP contribution < -0.4 is 10.1 Å². The standard InChI is InChI=1S/C26H37N3O3/c1-5-16-29(17-6-2)26(31)24(27-25(30)22-10-8-7-9-11-22)20-21-12-14-23(15-13-21)32-19-18-28(3)4/h7-15,24H,5-6,16-20H2,1-4H3,(H,27,30)/t24-/m0/s1. The molecule has 2 amide bonds. The number of ether oxygens (including phenoxy) is 1. The van der Waals surface area contributed by atoms with Gasteiger partial charge in [0.25, 0.3) is 5.91 Å². The van der Waals surface area contributed by atoms with Crippen molar-refractivity contribution < 1.29 is 14.3 Å². The molecular formula is C26H37N3O3. The lowest BCUT2D eigenvalue weighted by molar-refractivity contribution is -0.133. The van der Waals surface area contributed by atoms with E-state index in [0.717, 1.165) is 30.7 Å². The van der Waals surface area contributed by atoms with E-state index in [0.29, 0.717) is 31.7 Å². The number of nitrogens with one attached hydrogen (secondary N) is 1. The molecule has 0 aliphatic rings. The quantitative estimate of drug-likeness (QED) is 0.518. The van der Waals surface area contributed by atoms with Crippen molar-refractivity contribution in [2.45, 2.75) is 39.2 Å². The number of carbonyl (C=O) groups excluding carboxylic acids is 2. The topological polar surface area (TPSA) is 61.9 Å². The molecule has 2 rings (SSSR count). The van der Waals surface area contributed by atoms with Gasteiger partial charge in [0.15, 0.2) is 0 Å². The van der Waals surface area contributed by atoms with Crippen LogP contribution in [0.1, 0.15) is 42.6 Å². The van der Waals surface area contributed by atoms with Gasteiger partial charge in [-0.05, 0) is 56.8 Å². The molecule has 2 aromatic carbocycles. The molecular weight excluding hydrogens is 402 g/mol. The number of hydrogen-bond acceptors (Lipinski definition) is 4. The lowest BCUT2D eigenvalue weighted by Gasteiger charge is -2.27. The molecule has 174 valence electrons. The number of carbonyl (C=O) groups is 2. The maximum atomic E-state index is 13.3. The van der Waals surface area contributed by atoms with E-state index in [4.69, 9.17) is 4.74 Å². The number of hydrogen-bond donors (Lipinski definition) is 1. The lowest BCUT2D eigenvalue weighted by atomic mass is 10.0. The van der Waals surface area contributed by atoms with Gasteiger partial charge in [-0.15, -0.1) is 0 Å². The Balaban J connectivity index is 2.14. The molecule has 1 N–H and O–H groups in total. The highest BCUT2D eigenvalue weighted by Gasteiger charge is 2.26. The monoisotopic (exact) mass is 439 g/mol. The van der Waals surface area contributed by atoms with Crippen molar-refractivity contribution in [3.8, 4) is 5.75 Å². The van der Waals surface area contributed by atoms with Gasteiger partial charge in [0.1, 0.15) is 18.4 Å². The van der Waals surface area contributed by atoms with Crippen molar-refractivity contribution in [3.05, 3.63) is 65.7 Å². The molecule has 0 heterocycles. The van der Waals surface area contributed by atoms with Crippen molar-refractivity contribution in [2.24, 2.45) is 0 Å². The Hall–Kier alpha value is -2.86. The van der Waals surface area contributed by atoms with E-state index in [1.807, 2.05) is 61.5 Å². The second kappa shape index (κ2) is 13.5. The molecule has 0 unspecified atom stereocenters. The Bertz CT molecular complexity index is 816. The maximum Gasteiger partial charge on any atom is 0.251 e. The molecule has 0 fully saturated rings. The van der Waals surface area contributed by atoms with Crippen LogP contribution >= 0.6 is 0 Å². The summed E-state index contributed by atoms with van der Waals surface area (Å²) in [6, 6.07) is 16.2. The van der Waals surface area contributed by atoms with E-state index in [9.17, 15) is 9.59 Å². The molecule has 0 saturated heterocycles. The average Bonchev–Trinajstić information content (AvgIpc) is 2.79. The summed E-state index contributed by atoms with van der Waals surface area (Å²) in [6.07, 6.45) is 2.19. The third-order valence-electron chi connectivity index (χ3n) is 5.11. The van der Waals surface area contributed by atoms with Crippen LogP contribution in [0.5, 0.6) is 5.75 Å². The minimum absolute atomic E-state index is 0.0377. The van der Waals surface area contributed by atoms with Crippen molar-refractivity contribution in [1.29, 1.82) is 0 Å². The van der Waals surface area contributed by atoms with Crippen LogP contribution in [0.25, 0.3) is 0 Å². The summed E-state index contributed by atoms with van der Waals surface area (Å²) in [4.78, 5) is 30.1. The van der Waals surface area contributed by atoms with Gasteiger partial charge < -0.3 is 19.9 Å². The van der Waals surface area contributed by atoms with E-state index < -0.39 is 6.04 Å². The molecule has 1 atom stereocenters. The second-order valence-corrected chi connectivity index (χ2v) is 8.22. The molecule has 32 heavy (non-hydrogen) atoms. The van der Waals surface area contributed by atoms with Gasteiger partial charge in [-0.3, -0.25) is 9.59 Å². The molecule has 6 nitrogen and oxygen atoms in total. The molecule has 0 aromatic heterocycles. The lowest BCUT2D eigenvalue weighted by Crippen LogP contribution is -2.50. The minimum atomic E-state index is -0.624. The van der Waals surface area contributed by atoms with Gasteiger partial charge in [-0.1, -0.05) is 44.2 Å². The van der Waals surface area contributed by atoms with Crippen LogP contribution in [0.3, 0.4) is 0 Å². The zero-order valence-electron chi connectivity index (χ0n) is 19.8. The smallest absolute Gasteiger partial charge is 0.251 e. The largest absolute Gasteiger partial charge is 0.492 e. The Kier molecular flexibility index (Phi) is 10.7. The minimum Gasteiger partial charge on any atom is -0.492 e. The number of amides is 2. The van der Waals surface area contributed by atoms with Crippen molar-refractivity contribution in [2.75, 3.05) is 40.3 Å². The van der Waals surface area contributed by atoms with E-state index >= 15 is 0 Å². The van der Waals surface area contributed by atoms with Crippen molar-refractivity contribution in [1.82, 2.24) is 15.1 Å². The first-order chi connectivity index (χ1) is 15.4. The predicted molar refractivity (Wildman–Crippen MR) is 129 cm³/mol. The molecule has 2 aromatic rings. The summed E-state index contributed by atoms with van der Waals surface area (Å²) in [6.45, 7) is 6.94. The fourth-order valence-electron chi connectivity index (χ4n) is 3.43. The van der Waals surface area contributed by atoms with Crippen LogP contribution in [0, 0.1) is 0 Å². The SMILES string of the molecule is CCCN(CCC)C(=O)[C@H](Cc1ccc(OCCN(C)C)cc1)NC(=O)c1ccccc1. The number of rotatable bonds is 13. The maximum absolute atomic E-state index is 13.3. The van der Waals surface area contributed by atoms with Gasteiger partial charge >= 0.3 is 0 Å². The second-order valence-electron chi connectivity index (χ2n) is 8.22. The van der Waals surface area contributed by atoms with Crippen LogP contribution in [-0.4, -0.2) is 68.0 Å². The van der Waals surface area contributed by atoms with Crippen molar-refractivity contribution in [3.63, 3.8) is 0 Å². The first-order valence-corrected chi connectivity index (χ1v) is 11.5. The zero-order chi connectivity index (χ0) is 23.3. The normalized spacial score (nSPS) is 11.8. The van der Waals surface area contributed by atoms with Crippen LogP contribution in [-0.2, 0) is 11.2 Å². The summed E-state index contributed by atoms with van der Waals surface area (Å²) in [5.74, 6) is 0.523. The Morgan fingerprint density at radius 2 is 1.53 bits per heavy atom. The van der Waals surface area contributed by atoms with Crippen LogP contribution in [0.4, 0.5) is 0 Å². The molecule has 0 bridgehead atoms. The first-order valence-electron chi connectivity index (χ1n) is 11.5. The summed E-state index contributed by atoms with van der Waals surface area (Å²) in [5, 5.41) is 2.97. The fraction of sp³-hybridized carbons (Fsp3) is 0.462. The summed E-state index contributed by atoms with van der Waals surface area (Å²) in [7, 11) is 4.02. The van der Waals surface area contributed by atoms with E-state index in [1.54, 1.807) is 12.1 Å². The van der Waals surface area contributed by atoms with Crippen molar-refractivity contribution >= 4 is 11.8 Å². The van der Waals surface area contributed by atoms with Gasteiger partial charge in [-0.2, -0.15) is 0 Å². The molecule has 0 aliphatic heterocycles. The molecule has 0 saturated carbocycles. The van der Waals surface area contributed by atoms with Gasteiger partial charge in [0.2, 0.25) is 5.91 Å². The van der Waals surface area contributed by atoms with E-state index in [1.165, 1.54) is 0 Å². The predicted octanol–water partition coefficient (Wildman–Crippen LogP) is 3.62. The third-order valence-corrected chi connectivity index (χ3v) is 5.11. The highest BCUT2D eigenvalue weighted by molar-refractivity contribution is 5.97. The molecule has 6 heteroatoms. The van der Waals surface area contributed by atoms with E-state index in [-0.39, 0.29) is 11.8 Å². The fourth-order valence-corrected chi connectivity index (χ4v) is 3.43. The molecule has 0 aliphatic carbocycles. The van der Waals surface area contributed by atoms with Gasteiger partial charge in [-0.25, -0.2) is 0 Å². The number of nitrogens with zero attached hydrogens (tertiary/aromatic N) is 2. The summed E-state index contributed by atoms with van der Waals surface area (Å²) >= 11 is 0. The average molecular weight is 440 g/mol. The molecule has 0 spiro atoms. The van der Waals surface area contributed by atoms with Crippen LogP contribution in [0.2, 0.25) is 0 Å². The summed E-state index contributed by atoms with van der Waals surface area (Å²) in [5.41, 5.74) is 1.53. The highest BCUT2D eigenvalue weighted by Crippen LogP contribution is 2.15. The Labute approximate surface area is 192 Å². The van der Waals surface area contributed by atoms with Crippen LogP contribution in [0.15, 0.2) is 54.6 Å². The number of likely N-dealkylation sites (N-methyl/N-ethyl adjacent to an activating group) is 1. The highest BCUT2D eigenvalue weighted by atomic mass is 16.5. The zero-order valence-corrected chi connectivity index (χ0v) is 19.8. The van der Waals surface area contributed by atoms with Gasteiger partial charge in [0, 0.05) is 31.6 Å². The Morgan fingerprint density at radius 3 is 2.09 bits per heavy atom. The summed E-state index contributed by atoms with van der Waals surface area (Å²) < 4.78 is 5.76. The number of benzene rings is 2.